The van der Waals surface area contributed by atoms with Crippen LogP contribution in [0.15, 0.2) is 72.6 Å². The molecule has 3 aliphatic rings. The van der Waals surface area contributed by atoms with Crippen molar-refractivity contribution in [2.75, 3.05) is 70.9 Å². The lowest BCUT2D eigenvalue weighted by Crippen LogP contribution is -2.54. The molecule has 0 radical (unpaired) electrons. The van der Waals surface area contributed by atoms with E-state index >= 15 is 0 Å². The minimum Gasteiger partial charge on any atom is -0.465 e. The third-order valence-corrected chi connectivity index (χ3v) is 10.9. The number of anilines is 1. The number of pyridine rings is 1. The molecular weight excluding hydrogens is 684 g/mol. The van der Waals surface area contributed by atoms with Gasteiger partial charge in [0.05, 0.1) is 18.7 Å². The molecule has 4 heterocycles. The Kier molecular flexibility index (Phi) is 10.1. The summed E-state index contributed by atoms with van der Waals surface area (Å²) >= 11 is 6.25. The minimum atomic E-state index is -0.941. The van der Waals surface area contributed by atoms with E-state index in [9.17, 15) is 19.5 Å². The number of rotatable bonds is 8. The van der Waals surface area contributed by atoms with E-state index in [1.807, 2.05) is 47.5 Å². The van der Waals surface area contributed by atoms with Crippen molar-refractivity contribution in [2.45, 2.75) is 26.2 Å². The number of methoxy groups -OCH3 is 1. The van der Waals surface area contributed by atoms with Crippen LogP contribution in [0.5, 0.6) is 11.5 Å². The first-order valence-electron chi connectivity index (χ1n) is 17.6. The summed E-state index contributed by atoms with van der Waals surface area (Å²) in [7, 11) is 1.35. The number of aromatic nitrogens is 2. The molecule has 2 N–H and O–H groups in total. The molecule has 272 valence electrons. The average molecular weight is 727 g/mol. The van der Waals surface area contributed by atoms with Crippen LogP contribution in [-0.2, 0) is 9.53 Å². The summed E-state index contributed by atoms with van der Waals surface area (Å²) in [5.74, 6) is 0.542. The third-order valence-electron chi connectivity index (χ3n) is 10.6. The molecule has 2 aromatic heterocycles. The summed E-state index contributed by atoms with van der Waals surface area (Å²) in [6.45, 7) is 7.45. The molecule has 4 aromatic rings. The first-order chi connectivity index (χ1) is 25.1. The minimum absolute atomic E-state index is 0.104. The smallest absolute Gasteiger partial charge is 0.407 e. The zero-order chi connectivity index (χ0) is 36.4. The number of fused-ring (bicyclic) bond motifs is 1. The number of aromatic amines is 1. The van der Waals surface area contributed by atoms with Crippen LogP contribution < -0.4 is 9.64 Å². The van der Waals surface area contributed by atoms with Gasteiger partial charge >= 0.3 is 12.1 Å². The van der Waals surface area contributed by atoms with Gasteiger partial charge in [0.15, 0.2) is 0 Å². The molecular formula is C39H43ClN6O6. The lowest BCUT2D eigenvalue weighted by molar-refractivity contribution is -0.143. The molecule has 2 fully saturated rings. The van der Waals surface area contributed by atoms with Crippen molar-refractivity contribution < 1.29 is 29.0 Å². The van der Waals surface area contributed by atoms with E-state index in [2.05, 4.69) is 38.8 Å². The van der Waals surface area contributed by atoms with Gasteiger partial charge in [-0.25, -0.2) is 14.6 Å². The quantitative estimate of drug-likeness (QED) is 0.199. The van der Waals surface area contributed by atoms with Gasteiger partial charge in [0, 0.05) is 87.3 Å². The van der Waals surface area contributed by atoms with Crippen molar-refractivity contribution in [1.82, 2.24) is 24.7 Å². The number of carbonyl (C=O) groups is 3. The van der Waals surface area contributed by atoms with Crippen LogP contribution in [-0.4, -0.2) is 114 Å². The van der Waals surface area contributed by atoms with Gasteiger partial charge in [0.25, 0.3) is 0 Å². The maximum absolute atomic E-state index is 14.0. The highest BCUT2D eigenvalue weighted by molar-refractivity contribution is 6.30. The molecule has 7 rings (SSSR count). The van der Waals surface area contributed by atoms with Crippen molar-refractivity contribution in [1.29, 1.82) is 0 Å². The SMILES string of the molecule is COC(=O)c1ccc(N2CCN(CC3=C(c4ccc(Cl)cc4)CC[C@@](C)(C(=O)N4CCN(C(=O)O)CC4)C3)CC2)cc1Oc1cnc2[nH]ccc2c1. The molecule has 0 saturated carbocycles. The topological polar surface area (TPSA) is 132 Å². The molecule has 0 bridgehead atoms. The standard InChI is InChI=1S/C39H43ClN6O6/c1-39(37(48)45-17-19-46(20-18-45)38(49)50)11-9-32(26-3-5-29(40)6-4-26)28(23-39)25-43-13-15-44(16-14-43)30-7-8-33(36(47)51-2)34(22-30)52-31-21-27-10-12-41-35(27)42-24-31/h3-8,10,12,21-22,24H,9,11,13-20,23,25H2,1-2H3,(H,41,42)(H,49,50)/t39-/m1/s1. The lowest BCUT2D eigenvalue weighted by Gasteiger charge is -2.43. The summed E-state index contributed by atoms with van der Waals surface area (Å²) < 4.78 is 11.3. The number of hydrogen-bond donors (Lipinski definition) is 2. The number of nitrogens with one attached hydrogen (secondary N) is 1. The predicted molar refractivity (Wildman–Crippen MR) is 199 cm³/mol. The van der Waals surface area contributed by atoms with Gasteiger partial charge in [0.2, 0.25) is 5.91 Å². The summed E-state index contributed by atoms with van der Waals surface area (Å²) in [5, 5.41) is 11.0. The van der Waals surface area contributed by atoms with Crippen LogP contribution in [0.1, 0.15) is 42.1 Å². The van der Waals surface area contributed by atoms with Crippen LogP contribution in [0.25, 0.3) is 16.6 Å². The molecule has 0 spiro atoms. The van der Waals surface area contributed by atoms with Crippen molar-refractivity contribution in [3.63, 3.8) is 0 Å². The highest BCUT2D eigenvalue weighted by Crippen LogP contribution is 2.45. The Morgan fingerprint density at radius 2 is 1.67 bits per heavy atom. The Bertz CT molecular complexity index is 2000. The van der Waals surface area contributed by atoms with Crippen LogP contribution >= 0.6 is 11.6 Å². The predicted octanol–water partition coefficient (Wildman–Crippen LogP) is 6.38. The van der Waals surface area contributed by atoms with E-state index in [0.29, 0.717) is 54.7 Å². The second-order valence-corrected chi connectivity index (χ2v) is 14.4. The maximum Gasteiger partial charge on any atom is 0.407 e. The number of carbonyl (C=O) groups excluding carboxylic acids is 2. The molecule has 0 unspecified atom stereocenters. The fraction of sp³-hybridized carbons (Fsp3) is 0.385. The molecule has 1 aliphatic carbocycles. The van der Waals surface area contributed by atoms with E-state index in [1.165, 1.54) is 23.2 Å². The van der Waals surface area contributed by atoms with Gasteiger partial charge in [-0.1, -0.05) is 36.2 Å². The van der Waals surface area contributed by atoms with Gasteiger partial charge in [-0.2, -0.15) is 0 Å². The number of allylic oxidation sites excluding steroid dienone is 1. The number of esters is 1. The summed E-state index contributed by atoms with van der Waals surface area (Å²) in [6, 6.07) is 17.3. The van der Waals surface area contributed by atoms with Crippen LogP contribution in [0.2, 0.25) is 5.02 Å². The number of ether oxygens (including phenoxy) is 2. The lowest BCUT2D eigenvalue weighted by atomic mass is 9.70. The molecule has 2 saturated heterocycles. The zero-order valence-corrected chi connectivity index (χ0v) is 30.2. The number of hydrogen-bond acceptors (Lipinski definition) is 8. The number of H-pyrrole nitrogens is 1. The molecule has 13 heteroatoms. The number of benzene rings is 2. The van der Waals surface area contributed by atoms with E-state index in [-0.39, 0.29) is 5.91 Å². The van der Waals surface area contributed by atoms with E-state index in [1.54, 1.807) is 12.3 Å². The number of piperazine rings is 2. The summed E-state index contributed by atoms with van der Waals surface area (Å²) in [6.07, 6.45) is 4.64. The Balaban J connectivity index is 1.07. The van der Waals surface area contributed by atoms with Crippen molar-refractivity contribution in [3.8, 4) is 11.5 Å². The Hall–Kier alpha value is -5.07. The Morgan fingerprint density at radius 1 is 0.942 bits per heavy atom. The molecule has 12 nitrogen and oxygen atoms in total. The third kappa shape index (κ3) is 7.44. The monoisotopic (exact) mass is 726 g/mol. The van der Waals surface area contributed by atoms with E-state index < -0.39 is 17.5 Å². The van der Waals surface area contributed by atoms with E-state index in [4.69, 9.17) is 21.1 Å². The maximum atomic E-state index is 14.0. The van der Waals surface area contributed by atoms with Crippen molar-refractivity contribution >= 4 is 51.9 Å². The average Bonchev–Trinajstić information content (AvgIpc) is 3.63. The highest BCUT2D eigenvalue weighted by atomic mass is 35.5. The van der Waals surface area contributed by atoms with Crippen molar-refractivity contribution in [3.05, 3.63) is 88.7 Å². The molecule has 2 aliphatic heterocycles. The highest BCUT2D eigenvalue weighted by Gasteiger charge is 2.42. The molecule has 52 heavy (non-hydrogen) atoms. The van der Waals surface area contributed by atoms with Gasteiger partial charge in [0.1, 0.15) is 22.7 Å². The van der Waals surface area contributed by atoms with E-state index in [0.717, 1.165) is 67.8 Å². The first kappa shape index (κ1) is 35.3. The van der Waals surface area contributed by atoms with Gasteiger partial charge < -0.3 is 34.3 Å². The molecule has 2 amide bonds. The Labute approximate surface area is 307 Å². The number of amides is 2. The number of nitrogens with zero attached hydrogens (tertiary/aromatic N) is 5. The number of halogens is 1. The van der Waals surface area contributed by atoms with Gasteiger partial charge in [-0.15, -0.1) is 0 Å². The van der Waals surface area contributed by atoms with Crippen LogP contribution in [0.3, 0.4) is 0 Å². The largest absolute Gasteiger partial charge is 0.465 e. The van der Waals surface area contributed by atoms with Gasteiger partial charge in [-0.05, 0) is 66.8 Å². The fourth-order valence-corrected chi connectivity index (χ4v) is 7.79. The molecule has 1 atom stereocenters. The number of carboxylic acid groups (broad SMARTS) is 1. The zero-order valence-electron chi connectivity index (χ0n) is 29.4. The second-order valence-electron chi connectivity index (χ2n) is 14.0. The summed E-state index contributed by atoms with van der Waals surface area (Å²) in [5.41, 5.74) is 5.12. The molecule has 2 aromatic carbocycles. The second kappa shape index (κ2) is 14.9. The van der Waals surface area contributed by atoms with Gasteiger partial charge in [-0.3, -0.25) is 9.69 Å². The Morgan fingerprint density at radius 3 is 2.38 bits per heavy atom. The van der Waals surface area contributed by atoms with Crippen LogP contribution in [0.4, 0.5) is 10.5 Å². The fourth-order valence-electron chi connectivity index (χ4n) is 7.67. The van der Waals surface area contributed by atoms with Crippen LogP contribution in [0, 0.1) is 5.41 Å². The van der Waals surface area contributed by atoms with Crippen molar-refractivity contribution in [2.24, 2.45) is 5.41 Å². The first-order valence-corrected chi connectivity index (χ1v) is 18.0. The summed E-state index contributed by atoms with van der Waals surface area (Å²) in [4.78, 5) is 53.6. The normalized spacial score (nSPS) is 19.9.